The number of alkyl halides is 3. The highest BCUT2D eigenvalue weighted by Gasteiger charge is 2.38. The molecule has 0 aliphatic carbocycles. The second-order valence-corrected chi connectivity index (χ2v) is 4.36. The van der Waals surface area contributed by atoms with Crippen LogP contribution in [0, 0.1) is 13.8 Å². The molecule has 0 atom stereocenters. The highest BCUT2D eigenvalue weighted by molar-refractivity contribution is 5.61. The molecule has 0 saturated heterocycles. The van der Waals surface area contributed by atoms with Crippen LogP contribution in [0.1, 0.15) is 29.7 Å². The molecule has 19 heavy (non-hydrogen) atoms. The molecule has 0 saturated carbocycles. The zero-order chi connectivity index (χ0) is 14.4. The van der Waals surface area contributed by atoms with Crippen LogP contribution in [0.5, 0.6) is 0 Å². The van der Waals surface area contributed by atoms with Gasteiger partial charge in [-0.05, 0) is 11.9 Å². The molecule has 0 aromatic carbocycles. The molecule has 2 aromatic rings. The van der Waals surface area contributed by atoms with Gasteiger partial charge in [-0.15, -0.1) is 0 Å². The normalized spacial score (nSPS) is 12.2. The smallest absolute Gasteiger partial charge is 0.226 e. The fourth-order valence-electron chi connectivity index (χ4n) is 2.15. The lowest BCUT2D eigenvalue weighted by atomic mass is 10.2. The van der Waals surface area contributed by atoms with E-state index in [0.29, 0.717) is 11.3 Å². The number of aromatic nitrogens is 4. The van der Waals surface area contributed by atoms with Crippen molar-refractivity contribution in [2.45, 2.75) is 33.4 Å². The van der Waals surface area contributed by atoms with Crippen LogP contribution < -0.4 is 4.57 Å². The summed E-state index contributed by atoms with van der Waals surface area (Å²) in [5.74, 6) is 0. The number of nitrogens with zero attached hydrogens (tertiary/aromatic N) is 4. The molecule has 0 spiro atoms. The van der Waals surface area contributed by atoms with E-state index < -0.39 is 11.9 Å². The van der Waals surface area contributed by atoms with Crippen LogP contribution in [-0.2, 0) is 19.6 Å². The summed E-state index contributed by atoms with van der Waals surface area (Å²) in [5, 5.41) is 0. The van der Waals surface area contributed by atoms with Crippen molar-refractivity contribution in [3.05, 3.63) is 22.8 Å². The monoisotopic (exact) mass is 271 g/mol. The Labute approximate surface area is 108 Å². The van der Waals surface area contributed by atoms with Crippen LogP contribution in [-0.4, -0.2) is 15.0 Å². The molecule has 0 bridgehead atoms. The van der Waals surface area contributed by atoms with Gasteiger partial charge in [-0.3, -0.25) is 0 Å². The molecule has 2 aromatic heterocycles. The molecule has 102 valence electrons. The molecule has 0 unspecified atom stereocenters. The molecular weight excluding hydrogens is 257 g/mol. The highest BCUT2D eigenvalue weighted by Crippen LogP contribution is 2.29. The summed E-state index contributed by atoms with van der Waals surface area (Å²) in [6.07, 6.45) is -3.78. The van der Waals surface area contributed by atoms with E-state index in [1.807, 2.05) is 6.92 Å². The fourth-order valence-corrected chi connectivity index (χ4v) is 2.15. The Morgan fingerprint density at radius 2 is 1.68 bits per heavy atom. The van der Waals surface area contributed by atoms with Crippen molar-refractivity contribution < 1.29 is 17.7 Å². The second-order valence-electron chi connectivity index (χ2n) is 4.36. The van der Waals surface area contributed by atoms with Crippen LogP contribution in [0.15, 0.2) is 0 Å². The minimum Gasteiger partial charge on any atom is -0.226 e. The van der Waals surface area contributed by atoms with Crippen LogP contribution in [0.3, 0.4) is 0 Å². The van der Waals surface area contributed by atoms with Gasteiger partial charge in [-0.25, -0.2) is 14.5 Å². The third kappa shape index (κ3) is 2.24. The Hall–Kier alpha value is -1.79. The maximum Gasteiger partial charge on any atom is 0.437 e. The first kappa shape index (κ1) is 13.6. The molecule has 7 heteroatoms. The first-order chi connectivity index (χ1) is 8.75. The molecule has 0 radical (unpaired) electrons. The average molecular weight is 271 g/mol. The topological polar surface area (TPSA) is 42.6 Å². The SMILES string of the molecule is CCc1c(C)nc2nc(C(F)(F)F)c(C)nc2[n+]1C. The number of hydrogen-bond acceptors (Lipinski definition) is 3. The molecule has 0 amide bonds. The zero-order valence-corrected chi connectivity index (χ0v) is 11.1. The van der Waals surface area contributed by atoms with Gasteiger partial charge in [0.05, 0.1) is 12.7 Å². The molecular formula is C12H14F3N4+. The first-order valence-electron chi connectivity index (χ1n) is 5.86. The standard InChI is InChI=1S/C12H14F3N4/c1-5-8-6(2)16-10-11(19(8)4)17-7(3)9(18-10)12(13,14)15/h5H2,1-4H3/q+1. The summed E-state index contributed by atoms with van der Waals surface area (Å²) in [4.78, 5) is 11.8. The lowest BCUT2D eigenvalue weighted by molar-refractivity contribution is -0.655. The third-order valence-electron chi connectivity index (χ3n) is 3.05. The largest absolute Gasteiger partial charge is 0.437 e. The highest BCUT2D eigenvalue weighted by atomic mass is 19.4. The van der Waals surface area contributed by atoms with Crippen molar-refractivity contribution in [2.24, 2.45) is 7.05 Å². The molecule has 0 fully saturated rings. The molecule has 2 heterocycles. The van der Waals surface area contributed by atoms with E-state index in [2.05, 4.69) is 15.0 Å². The van der Waals surface area contributed by atoms with Crippen molar-refractivity contribution in [3.8, 4) is 0 Å². The summed E-state index contributed by atoms with van der Waals surface area (Å²) in [6.45, 7) is 5.02. The van der Waals surface area contributed by atoms with E-state index in [0.717, 1.165) is 12.1 Å². The summed E-state index contributed by atoms with van der Waals surface area (Å²) < 4.78 is 40.1. The summed E-state index contributed by atoms with van der Waals surface area (Å²) in [7, 11) is 1.76. The summed E-state index contributed by atoms with van der Waals surface area (Å²) in [5.41, 5.74) is 0.882. The predicted octanol–water partition coefficient (Wildman–Crippen LogP) is 2.05. The van der Waals surface area contributed by atoms with Crippen molar-refractivity contribution in [2.75, 3.05) is 0 Å². The number of rotatable bonds is 1. The summed E-state index contributed by atoms with van der Waals surface area (Å²) >= 11 is 0. The Morgan fingerprint density at radius 1 is 1.05 bits per heavy atom. The van der Waals surface area contributed by atoms with Gasteiger partial charge < -0.3 is 0 Å². The molecule has 4 nitrogen and oxygen atoms in total. The Kier molecular flexibility index (Phi) is 3.15. The van der Waals surface area contributed by atoms with Crippen LogP contribution >= 0.6 is 0 Å². The number of fused-ring (bicyclic) bond motifs is 1. The lowest BCUT2D eigenvalue weighted by Gasteiger charge is -2.08. The van der Waals surface area contributed by atoms with Gasteiger partial charge in [0.1, 0.15) is 5.69 Å². The van der Waals surface area contributed by atoms with Crippen LogP contribution in [0.2, 0.25) is 0 Å². The van der Waals surface area contributed by atoms with E-state index >= 15 is 0 Å². The summed E-state index contributed by atoms with van der Waals surface area (Å²) in [6, 6.07) is 0. The minimum absolute atomic E-state index is 0.0233. The minimum atomic E-state index is -4.51. The maximum absolute atomic E-state index is 12.8. The van der Waals surface area contributed by atoms with Gasteiger partial charge in [0, 0.05) is 13.3 Å². The Balaban J connectivity index is 2.83. The predicted molar refractivity (Wildman–Crippen MR) is 62.4 cm³/mol. The van der Waals surface area contributed by atoms with Crippen molar-refractivity contribution in [1.29, 1.82) is 0 Å². The van der Waals surface area contributed by atoms with E-state index in [1.54, 1.807) is 18.5 Å². The zero-order valence-electron chi connectivity index (χ0n) is 11.1. The average Bonchev–Trinajstić information content (AvgIpc) is 2.29. The van der Waals surface area contributed by atoms with Crippen molar-refractivity contribution in [1.82, 2.24) is 15.0 Å². The van der Waals surface area contributed by atoms with E-state index in [1.165, 1.54) is 6.92 Å². The molecule has 0 aliphatic heterocycles. The Bertz CT molecular complexity index is 650. The fraction of sp³-hybridized carbons (Fsp3) is 0.500. The van der Waals surface area contributed by atoms with Gasteiger partial charge in [0.15, 0.2) is 11.4 Å². The van der Waals surface area contributed by atoms with Gasteiger partial charge in [-0.1, -0.05) is 6.92 Å². The maximum atomic E-state index is 12.8. The molecule has 2 rings (SSSR count). The first-order valence-corrected chi connectivity index (χ1v) is 5.86. The quantitative estimate of drug-likeness (QED) is 0.745. The van der Waals surface area contributed by atoms with Gasteiger partial charge >= 0.3 is 11.8 Å². The lowest BCUT2D eigenvalue weighted by Crippen LogP contribution is -2.37. The number of aryl methyl sites for hydroxylation is 3. The number of hydrogen-bond donors (Lipinski definition) is 0. The van der Waals surface area contributed by atoms with Crippen molar-refractivity contribution >= 4 is 11.3 Å². The molecule has 0 aliphatic rings. The van der Waals surface area contributed by atoms with E-state index in [9.17, 15) is 13.2 Å². The van der Waals surface area contributed by atoms with Crippen LogP contribution in [0.4, 0.5) is 13.2 Å². The van der Waals surface area contributed by atoms with E-state index in [-0.39, 0.29) is 11.3 Å². The van der Waals surface area contributed by atoms with Gasteiger partial charge in [0.2, 0.25) is 5.65 Å². The van der Waals surface area contributed by atoms with E-state index in [4.69, 9.17) is 0 Å². The second kappa shape index (κ2) is 4.40. The van der Waals surface area contributed by atoms with Crippen molar-refractivity contribution in [3.63, 3.8) is 0 Å². The molecule has 0 N–H and O–H groups in total. The van der Waals surface area contributed by atoms with Crippen LogP contribution in [0.25, 0.3) is 11.3 Å². The van der Waals surface area contributed by atoms with Gasteiger partial charge in [-0.2, -0.15) is 13.2 Å². The third-order valence-corrected chi connectivity index (χ3v) is 3.05. The van der Waals surface area contributed by atoms with Gasteiger partial charge in [0.25, 0.3) is 0 Å². The number of halogens is 3. The Morgan fingerprint density at radius 3 is 2.21 bits per heavy atom.